The van der Waals surface area contributed by atoms with Crippen LogP contribution in [0.5, 0.6) is 0 Å². The fourth-order valence-electron chi connectivity index (χ4n) is 1.32. The lowest BCUT2D eigenvalue weighted by Gasteiger charge is -2.08. The summed E-state index contributed by atoms with van der Waals surface area (Å²) in [5, 5.41) is 0. The fourth-order valence-corrected chi connectivity index (χ4v) is 1.32. The van der Waals surface area contributed by atoms with E-state index in [0.717, 1.165) is 24.2 Å². The first-order valence-electron chi connectivity index (χ1n) is 3.77. The van der Waals surface area contributed by atoms with Gasteiger partial charge in [-0.2, -0.15) is 0 Å². The van der Waals surface area contributed by atoms with Gasteiger partial charge in [0, 0.05) is 0 Å². The summed E-state index contributed by atoms with van der Waals surface area (Å²) in [6.07, 6.45) is 8.08. The molecule has 1 heterocycles. The smallest absolute Gasteiger partial charge is 0.0660 e. The van der Waals surface area contributed by atoms with Crippen LogP contribution in [0.3, 0.4) is 0 Å². The molecular weight excluding hydrogens is 136 g/mol. The van der Waals surface area contributed by atoms with Crippen LogP contribution in [-0.2, 0) is 6.42 Å². The molecule has 0 radical (unpaired) electrons. The molecule has 1 aromatic rings. The summed E-state index contributed by atoms with van der Waals surface area (Å²) < 4.78 is 0. The third-order valence-electron chi connectivity index (χ3n) is 1.88. The number of pyridine rings is 1. The number of hydrogen-bond acceptors (Lipinski definition) is 2. The molecular formula is C9H10N2. The zero-order valence-corrected chi connectivity index (χ0v) is 6.25. The van der Waals surface area contributed by atoms with Crippen molar-refractivity contribution in [3.05, 3.63) is 29.6 Å². The largest absolute Gasteiger partial charge is 0.397 e. The Kier molecular flexibility index (Phi) is 1.39. The van der Waals surface area contributed by atoms with Gasteiger partial charge in [-0.05, 0) is 30.5 Å². The van der Waals surface area contributed by atoms with Crippen molar-refractivity contribution in [2.45, 2.75) is 12.8 Å². The number of allylic oxidation sites excluding steroid dienone is 1. The van der Waals surface area contributed by atoms with Crippen LogP contribution in [0, 0.1) is 0 Å². The van der Waals surface area contributed by atoms with Gasteiger partial charge in [-0.25, -0.2) is 0 Å². The summed E-state index contributed by atoms with van der Waals surface area (Å²) in [7, 11) is 0. The van der Waals surface area contributed by atoms with Crippen LogP contribution in [0.1, 0.15) is 17.7 Å². The molecule has 0 bridgehead atoms. The quantitative estimate of drug-likeness (QED) is 0.604. The van der Waals surface area contributed by atoms with E-state index in [4.69, 9.17) is 5.73 Å². The third-order valence-corrected chi connectivity index (χ3v) is 1.88. The summed E-state index contributed by atoms with van der Waals surface area (Å²) >= 11 is 0. The molecule has 0 saturated carbocycles. The summed E-state index contributed by atoms with van der Waals surface area (Å²) in [6, 6.07) is 2.01. The van der Waals surface area contributed by atoms with Crippen molar-refractivity contribution in [3.63, 3.8) is 0 Å². The third kappa shape index (κ3) is 1.11. The second-order valence-corrected chi connectivity index (χ2v) is 2.75. The number of nitrogens with two attached hydrogens (primary N) is 1. The molecule has 1 aliphatic carbocycles. The molecule has 56 valence electrons. The standard InChI is InChI=1S/C9H10N2/c10-8-5-7-3-1-2-4-9(7)11-6-8/h2,4-6H,1,3,10H2. The van der Waals surface area contributed by atoms with Crippen molar-refractivity contribution in [3.8, 4) is 0 Å². The number of aromatic nitrogens is 1. The second-order valence-electron chi connectivity index (χ2n) is 2.75. The molecule has 1 aromatic heterocycles. The van der Waals surface area contributed by atoms with Gasteiger partial charge < -0.3 is 5.73 Å². The van der Waals surface area contributed by atoms with Gasteiger partial charge in [0.25, 0.3) is 0 Å². The number of rotatable bonds is 0. The second kappa shape index (κ2) is 2.38. The highest BCUT2D eigenvalue weighted by Gasteiger charge is 2.04. The molecule has 2 nitrogen and oxygen atoms in total. The van der Waals surface area contributed by atoms with Gasteiger partial charge in [0.1, 0.15) is 0 Å². The topological polar surface area (TPSA) is 38.9 Å². The van der Waals surface area contributed by atoms with Crippen LogP contribution in [0.15, 0.2) is 18.3 Å². The highest BCUT2D eigenvalue weighted by molar-refractivity contribution is 5.55. The van der Waals surface area contributed by atoms with Crippen LogP contribution >= 0.6 is 0 Å². The van der Waals surface area contributed by atoms with E-state index in [-0.39, 0.29) is 0 Å². The van der Waals surface area contributed by atoms with Crippen molar-refractivity contribution in [2.75, 3.05) is 5.73 Å². The summed E-state index contributed by atoms with van der Waals surface area (Å²) in [4.78, 5) is 4.21. The molecule has 0 unspecified atom stereocenters. The summed E-state index contributed by atoms with van der Waals surface area (Å²) in [5.74, 6) is 0. The van der Waals surface area contributed by atoms with Crippen molar-refractivity contribution in [2.24, 2.45) is 0 Å². The molecule has 0 amide bonds. The van der Waals surface area contributed by atoms with E-state index in [2.05, 4.69) is 17.1 Å². The van der Waals surface area contributed by atoms with Crippen LogP contribution in [0.25, 0.3) is 6.08 Å². The molecule has 0 fully saturated rings. The van der Waals surface area contributed by atoms with E-state index in [1.807, 2.05) is 6.07 Å². The number of fused-ring (bicyclic) bond motifs is 1. The van der Waals surface area contributed by atoms with E-state index in [9.17, 15) is 0 Å². The first kappa shape index (κ1) is 6.40. The summed E-state index contributed by atoms with van der Waals surface area (Å²) in [6.45, 7) is 0. The number of hydrogen-bond donors (Lipinski definition) is 1. The number of aryl methyl sites for hydroxylation is 1. The SMILES string of the molecule is Nc1cnc2c(c1)CCC=C2. The van der Waals surface area contributed by atoms with Gasteiger partial charge in [-0.15, -0.1) is 0 Å². The normalized spacial score (nSPS) is 14.5. The van der Waals surface area contributed by atoms with Gasteiger partial charge >= 0.3 is 0 Å². The highest BCUT2D eigenvalue weighted by atomic mass is 14.7. The van der Waals surface area contributed by atoms with E-state index >= 15 is 0 Å². The average molecular weight is 146 g/mol. The zero-order valence-electron chi connectivity index (χ0n) is 6.25. The minimum Gasteiger partial charge on any atom is -0.397 e. The van der Waals surface area contributed by atoms with E-state index in [0.29, 0.717) is 0 Å². The Labute approximate surface area is 65.8 Å². The monoisotopic (exact) mass is 146 g/mol. The maximum absolute atomic E-state index is 5.60. The first-order chi connectivity index (χ1) is 5.36. The lowest BCUT2D eigenvalue weighted by atomic mass is 10.0. The maximum atomic E-state index is 5.60. The fraction of sp³-hybridized carbons (Fsp3) is 0.222. The lowest BCUT2D eigenvalue weighted by molar-refractivity contribution is 0.966. The van der Waals surface area contributed by atoms with Gasteiger partial charge in [-0.3, -0.25) is 4.98 Å². The number of anilines is 1. The Bertz CT molecular complexity index is 302. The zero-order chi connectivity index (χ0) is 7.68. The summed E-state index contributed by atoms with van der Waals surface area (Å²) in [5.41, 5.74) is 8.70. The van der Waals surface area contributed by atoms with Crippen molar-refractivity contribution in [1.82, 2.24) is 4.98 Å². The van der Waals surface area contributed by atoms with Crippen molar-refractivity contribution in [1.29, 1.82) is 0 Å². The van der Waals surface area contributed by atoms with Gasteiger partial charge in [0.05, 0.1) is 17.6 Å². The lowest BCUT2D eigenvalue weighted by Crippen LogP contribution is -1.98. The molecule has 2 heteroatoms. The predicted octanol–water partition coefficient (Wildman–Crippen LogP) is 1.62. The minimum absolute atomic E-state index is 0.763. The first-order valence-corrected chi connectivity index (χ1v) is 3.77. The van der Waals surface area contributed by atoms with E-state index < -0.39 is 0 Å². The van der Waals surface area contributed by atoms with E-state index in [1.54, 1.807) is 6.20 Å². The minimum atomic E-state index is 0.763. The molecule has 0 spiro atoms. The molecule has 11 heavy (non-hydrogen) atoms. The Balaban J connectivity index is 2.53. The van der Waals surface area contributed by atoms with Crippen LogP contribution in [0.2, 0.25) is 0 Å². The molecule has 0 aliphatic heterocycles. The van der Waals surface area contributed by atoms with Crippen LogP contribution in [0.4, 0.5) is 5.69 Å². The molecule has 1 aliphatic rings. The van der Waals surface area contributed by atoms with Crippen molar-refractivity contribution >= 4 is 11.8 Å². The van der Waals surface area contributed by atoms with Crippen molar-refractivity contribution < 1.29 is 0 Å². The van der Waals surface area contributed by atoms with Gasteiger partial charge in [0.15, 0.2) is 0 Å². The van der Waals surface area contributed by atoms with Gasteiger partial charge in [0.2, 0.25) is 0 Å². The molecule has 0 aromatic carbocycles. The molecule has 2 N–H and O–H groups in total. The molecule has 0 atom stereocenters. The predicted molar refractivity (Wildman–Crippen MR) is 46.0 cm³/mol. The number of nitrogen functional groups attached to an aromatic ring is 1. The van der Waals surface area contributed by atoms with E-state index in [1.165, 1.54) is 5.56 Å². The Morgan fingerprint density at radius 2 is 2.36 bits per heavy atom. The van der Waals surface area contributed by atoms with Crippen LogP contribution < -0.4 is 5.73 Å². The molecule has 0 saturated heterocycles. The van der Waals surface area contributed by atoms with Gasteiger partial charge in [-0.1, -0.05) is 6.08 Å². The number of nitrogens with zero attached hydrogens (tertiary/aromatic N) is 1. The Morgan fingerprint density at radius 1 is 1.45 bits per heavy atom. The average Bonchev–Trinajstić information content (AvgIpc) is 2.04. The van der Waals surface area contributed by atoms with Crippen LogP contribution in [-0.4, -0.2) is 4.98 Å². The maximum Gasteiger partial charge on any atom is 0.0660 e. The molecule has 2 rings (SSSR count). The Morgan fingerprint density at radius 3 is 3.27 bits per heavy atom. The Hall–Kier alpha value is -1.31. The highest BCUT2D eigenvalue weighted by Crippen LogP contribution is 2.18.